The standard InChI is InChI=1S/C38H29Cl4N3O3/c39-33-11-7-24(17-35(33)41)13-15-44-37(46)29-19-30(38(47)45-16-14-25-8-12-34(40)36(42)18-25)21-31(20-29)48-23-26-5-9-27(10-6-26)32-4-2-1-3-28(32)22-43/h1-12,17-21H,13-16,23H2,(H,44,46)(H,45,47). The van der Waals surface area contributed by atoms with Crippen molar-refractivity contribution < 1.29 is 14.3 Å². The van der Waals surface area contributed by atoms with E-state index in [1.807, 2.05) is 54.6 Å². The lowest BCUT2D eigenvalue weighted by molar-refractivity contribution is 0.0953. The van der Waals surface area contributed by atoms with Gasteiger partial charge in [0.05, 0.1) is 31.7 Å². The highest BCUT2D eigenvalue weighted by Gasteiger charge is 2.15. The van der Waals surface area contributed by atoms with E-state index in [9.17, 15) is 14.9 Å². The summed E-state index contributed by atoms with van der Waals surface area (Å²) in [4.78, 5) is 26.5. The molecule has 0 fully saturated rings. The second-order valence-electron chi connectivity index (χ2n) is 10.9. The van der Waals surface area contributed by atoms with Gasteiger partial charge in [0.2, 0.25) is 0 Å². The second-order valence-corrected chi connectivity index (χ2v) is 12.5. The number of amides is 2. The number of nitriles is 1. The fraction of sp³-hybridized carbons (Fsp3) is 0.132. The van der Waals surface area contributed by atoms with Crippen LogP contribution in [0.15, 0.2) is 103 Å². The van der Waals surface area contributed by atoms with Gasteiger partial charge in [0.25, 0.3) is 11.8 Å². The van der Waals surface area contributed by atoms with Crippen molar-refractivity contribution in [2.45, 2.75) is 19.4 Å². The molecule has 0 saturated heterocycles. The maximum Gasteiger partial charge on any atom is 0.251 e. The number of hydrogen-bond acceptors (Lipinski definition) is 4. The Morgan fingerprint density at radius 3 is 1.67 bits per heavy atom. The number of ether oxygens (including phenoxy) is 1. The summed E-state index contributed by atoms with van der Waals surface area (Å²) in [5, 5.41) is 17.1. The van der Waals surface area contributed by atoms with Gasteiger partial charge in [-0.25, -0.2) is 0 Å². The minimum Gasteiger partial charge on any atom is -0.489 e. The Bertz CT molecular complexity index is 1900. The van der Waals surface area contributed by atoms with Gasteiger partial charge in [-0.3, -0.25) is 9.59 Å². The first-order chi connectivity index (χ1) is 23.2. The first-order valence-electron chi connectivity index (χ1n) is 15.0. The Kier molecular flexibility index (Phi) is 12.0. The molecule has 242 valence electrons. The molecule has 5 rings (SSSR count). The van der Waals surface area contributed by atoms with Crippen molar-refractivity contribution in [2.24, 2.45) is 0 Å². The molecule has 0 saturated carbocycles. The Labute approximate surface area is 299 Å². The molecule has 0 radical (unpaired) electrons. The van der Waals surface area contributed by atoms with E-state index in [1.54, 1.807) is 42.5 Å². The van der Waals surface area contributed by atoms with Crippen molar-refractivity contribution in [3.05, 3.63) is 157 Å². The zero-order chi connectivity index (χ0) is 34.0. The summed E-state index contributed by atoms with van der Waals surface area (Å²) in [5.41, 5.74) is 5.63. The van der Waals surface area contributed by atoms with Crippen LogP contribution in [0.25, 0.3) is 11.1 Å². The number of carbonyl (C=O) groups is 2. The summed E-state index contributed by atoms with van der Waals surface area (Å²) in [6.07, 6.45) is 1.07. The van der Waals surface area contributed by atoms with Crippen LogP contribution in [0, 0.1) is 11.3 Å². The van der Waals surface area contributed by atoms with Gasteiger partial charge in [-0.2, -0.15) is 5.26 Å². The van der Waals surface area contributed by atoms with Crippen LogP contribution in [0.5, 0.6) is 5.75 Å². The Morgan fingerprint density at radius 2 is 1.15 bits per heavy atom. The maximum atomic E-state index is 13.2. The number of benzene rings is 5. The highest BCUT2D eigenvalue weighted by atomic mass is 35.5. The minimum absolute atomic E-state index is 0.195. The molecule has 10 heteroatoms. The van der Waals surface area contributed by atoms with Crippen LogP contribution in [-0.2, 0) is 19.4 Å². The largest absolute Gasteiger partial charge is 0.489 e. The predicted molar refractivity (Wildman–Crippen MR) is 192 cm³/mol. The van der Waals surface area contributed by atoms with E-state index in [0.717, 1.165) is 27.8 Å². The Morgan fingerprint density at radius 1 is 0.625 bits per heavy atom. The molecular weight excluding hydrogens is 688 g/mol. The molecule has 0 aliphatic heterocycles. The molecule has 6 nitrogen and oxygen atoms in total. The minimum atomic E-state index is -0.356. The van der Waals surface area contributed by atoms with Gasteiger partial charge in [-0.15, -0.1) is 0 Å². The topological polar surface area (TPSA) is 91.2 Å². The number of rotatable bonds is 12. The van der Waals surface area contributed by atoms with Gasteiger partial charge in [-0.05, 0) is 89.2 Å². The molecule has 2 N–H and O–H groups in total. The van der Waals surface area contributed by atoms with Gasteiger partial charge in [0.1, 0.15) is 12.4 Å². The number of nitrogens with zero attached hydrogens (tertiary/aromatic N) is 1. The first kappa shape index (κ1) is 34.8. The Balaban J connectivity index is 1.29. The molecule has 0 aliphatic carbocycles. The van der Waals surface area contributed by atoms with Crippen molar-refractivity contribution >= 4 is 58.2 Å². The van der Waals surface area contributed by atoms with E-state index in [-0.39, 0.29) is 29.5 Å². The van der Waals surface area contributed by atoms with Crippen LogP contribution in [-0.4, -0.2) is 24.9 Å². The van der Waals surface area contributed by atoms with Gasteiger partial charge in [-0.1, -0.05) is 101 Å². The third-order valence-corrected chi connectivity index (χ3v) is 8.99. The normalized spacial score (nSPS) is 10.6. The number of hydrogen-bond donors (Lipinski definition) is 2. The molecule has 0 heterocycles. The molecule has 0 aliphatic rings. The fourth-order valence-electron chi connectivity index (χ4n) is 4.96. The highest BCUT2D eigenvalue weighted by Crippen LogP contribution is 2.26. The van der Waals surface area contributed by atoms with Gasteiger partial charge in [0, 0.05) is 24.2 Å². The zero-order valence-corrected chi connectivity index (χ0v) is 28.6. The fourth-order valence-corrected chi connectivity index (χ4v) is 5.60. The first-order valence-corrected chi connectivity index (χ1v) is 16.5. The lowest BCUT2D eigenvalue weighted by Crippen LogP contribution is -2.28. The number of nitrogens with one attached hydrogen (secondary N) is 2. The summed E-state index contributed by atoms with van der Waals surface area (Å²) in [6, 6.07) is 32.7. The second kappa shape index (κ2) is 16.5. The molecule has 48 heavy (non-hydrogen) atoms. The summed E-state index contributed by atoms with van der Waals surface area (Å²) in [5.74, 6) is -0.350. The van der Waals surface area contributed by atoms with Crippen molar-refractivity contribution in [3.8, 4) is 22.9 Å². The third kappa shape index (κ3) is 9.31. The molecule has 0 spiro atoms. The Hall–Kier alpha value is -4.51. The summed E-state index contributed by atoms with van der Waals surface area (Å²) < 4.78 is 6.09. The molecule has 0 atom stereocenters. The van der Waals surface area contributed by atoms with E-state index in [0.29, 0.717) is 57.3 Å². The quantitative estimate of drug-likeness (QED) is 0.135. The van der Waals surface area contributed by atoms with Gasteiger partial charge < -0.3 is 15.4 Å². The van der Waals surface area contributed by atoms with E-state index in [4.69, 9.17) is 51.1 Å². The molecule has 0 bridgehead atoms. The number of carbonyl (C=O) groups excluding carboxylic acids is 2. The molecule has 0 aromatic heterocycles. The van der Waals surface area contributed by atoms with Gasteiger partial charge in [0.15, 0.2) is 0 Å². The average molecular weight is 717 g/mol. The van der Waals surface area contributed by atoms with Crippen LogP contribution in [0.3, 0.4) is 0 Å². The molecule has 5 aromatic carbocycles. The van der Waals surface area contributed by atoms with Crippen LogP contribution < -0.4 is 15.4 Å². The van der Waals surface area contributed by atoms with Gasteiger partial charge >= 0.3 is 0 Å². The monoisotopic (exact) mass is 715 g/mol. The third-order valence-electron chi connectivity index (χ3n) is 7.52. The lowest BCUT2D eigenvalue weighted by atomic mass is 9.99. The van der Waals surface area contributed by atoms with Crippen LogP contribution in [0.1, 0.15) is 43.0 Å². The van der Waals surface area contributed by atoms with Crippen molar-refractivity contribution in [3.63, 3.8) is 0 Å². The van der Waals surface area contributed by atoms with Crippen molar-refractivity contribution in [2.75, 3.05) is 13.1 Å². The van der Waals surface area contributed by atoms with E-state index < -0.39 is 0 Å². The van der Waals surface area contributed by atoms with E-state index in [2.05, 4.69) is 16.7 Å². The van der Waals surface area contributed by atoms with Crippen LogP contribution in [0.2, 0.25) is 20.1 Å². The summed E-state index contributed by atoms with van der Waals surface area (Å²) in [7, 11) is 0. The lowest BCUT2D eigenvalue weighted by Gasteiger charge is -2.13. The van der Waals surface area contributed by atoms with E-state index >= 15 is 0 Å². The summed E-state index contributed by atoms with van der Waals surface area (Å²) in [6.45, 7) is 0.879. The van der Waals surface area contributed by atoms with E-state index in [1.165, 1.54) is 6.07 Å². The summed E-state index contributed by atoms with van der Waals surface area (Å²) >= 11 is 24.3. The maximum absolute atomic E-state index is 13.2. The SMILES string of the molecule is N#Cc1ccccc1-c1ccc(COc2cc(C(=O)NCCc3ccc(Cl)c(Cl)c3)cc(C(=O)NCCc3ccc(Cl)c(Cl)c3)c2)cc1. The molecule has 2 amide bonds. The van der Waals surface area contributed by atoms with Crippen LogP contribution in [0.4, 0.5) is 0 Å². The van der Waals surface area contributed by atoms with Crippen LogP contribution >= 0.6 is 46.4 Å². The molecular formula is C38H29Cl4N3O3. The van der Waals surface area contributed by atoms with Crippen molar-refractivity contribution in [1.82, 2.24) is 10.6 Å². The highest BCUT2D eigenvalue weighted by molar-refractivity contribution is 6.42. The van der Waals surface area contributed by atoms with Crippen molar-refractivity contribution in [1.29, 1.82) is 5.26 Å². The predicted octanol–water partition coefficient (Wildman–Crippen LogP) is 9.36. The smallest absolute Gasteiger partial charge is 0.251 e. The zero-order valence-electron chi connectivity index (χ0n) is 25.5. The number of halogens is 4. The average Bonchev–Trinajstić information content (AvgIpc) is 3.10. The molecule has 5 aromatic rings. The molecule has 0 unspecified atom stereocenters.